The van der Waals surface area contributed by atoms with Crippen LogP contribution in [0.3, 0.4) is 0 Å². The fourth-order valence-electron chi connectivity index (χ4n) is 8.54. The molecule has 0 atom stereocenters. The van der Waals surface area contributed by atoms with E-state index in [1.54, 1.807) is 0 Å². The molecule has 3 nitrogen and oxygen atoms in total. The zero-order valence-electron chi connectivity index (χ0n) is 31.1. The summed E-state index contributed by atoms with van der Waals surface area (Å²) < 4.78 is 9.31. The van der Waals surface area contributed by atoms with Gasteiger partial charge in [0.1, 0.15) is 5.58 Å². The van der Waals surface area contributed by atoms with Crippen LogP contribution >= 0.6 is 0 Å². The second-order valence-electron chi connectivity index (χ2n) is 14.5. The van der Waals surface area contributed by atoms with Crippen molar-refractivity contribution in [3.05, 3.63) is 218 Å². The number of rotatable bonds is 7. The van der Waals surface area contributed by atoms with Gasteiger partial charge in [-0.05, 0) is 94.0 Å². The first-order chi connectivity index (χ1) is 28.3. The lowest BCUT2D eigenvalue weighted by molar-refractivity contribution is 0.669. The van der Waals surface area contributed by atoms with Gasteiger partial charge in [-0.2, -0.15) is 0 Å². The number of anilines is 3. The van der Waals surface area contributed by atoms with Gasteiger partial charge in [0.25, 0.3) is 0 Å². The smallest absolute Gasteiger partial charge is 0.160 e. The van der Waals surface area contributed by atoms with Gasteiger partial charge in [0.15, 0.2) is 5.58 Å². The first-order valence-corrected chi connectivity index (χ1v) is 19.4. The van der Waals surface area contributed by atoms with Gasteiger partial charge in [-0.25, -0.2) is 0 Å². The van der Waals surface area contributed by atoms with E-state index < -0.39 is 0 Å². The normalized spacial score (nSPS) is 11.5. The van der Waals surface area contributed by atoms with E-state index in [2.05, 4.69) is 228 Å². The first kappa shape index (κ1) is 32.8. The summed E-state index contributed by atoms with van der Waals surface area (Å²) in [6.07, 6.45) is 0. The molecule has 0 bridgehead atoms. The molecule has 0 amide bonds. The van der Waals surface area contributed by atoms with Gasteiger partial charge in [0, 0.05) is 38.6 Å². The van der Waals surface area contributed by atoms with E-state index in [0.29, 0.717) is 0 Å². The average Bonchev–Trinajstić information content (AvgIpc) is 3.85. The van der Waals surface area contributed by atoms with Crippen LogP contribution in [0.15, 0.2) is 223 Å². The van der Waals surface area contributed by atoms with Crippen molar-refractivity contribution in [3.8, 4) is 39.1 Å². The van der Waals surface area contributed by atoms with Crippen molar-refractivity contribution in [1.82, 2.24) is 4.57 Å². The molecular formula is C54H36N2O. The Balaban J connectivity index is 1.10. The minimum absolute atomic E-state index is 0.843. The maximum atomic E-state index is 6.93. The molecule has 0 aliphatic carbocycles. The van der Waals surface area contributed by atoms with Gasteiger partial charge in [-0.1, -0.05) is 158 Å². The largest absolute Gasteiger partial charge is 0.454 e. The first-order valence-electron chi connectivity index (χ1n) is 19.4. The van der Waals surface area contributed by atoms with E-state index in [-0.39, 0.29) is 0 Å². The number of benzene rings is 9. The van der Waals surface area contributed by atoms with E-state index in [1.165, 1.54) is 44.1 Å². The van der Waals surface area contributed by atoms with E-state index >= 15 is 0 Å². The zero-order chi connectivity index (χ0) is 37.7. The average molecular weight is 729 g/mol. The molecule has 0 aliphatic rings. The van der Waals surface area contributed by atoms with Gasteiger partial charge in [0.05, 0.1) is 16.7 Å². The molecule has 2 heterocycles. The van der Waals surface area contributed by atoms with E-state index in [0.717, 1.165) is 55.8 Å². The quantitative estimate of drug-likeness (QED) is 0.163. The molecule has 9 aromatic carbocycles. The number of hydrogen-bond acceptors (Lipinski definition) is 2. The van der Waals surface area contributed by atoms with Crippen LogP contribution in [0.1, 0.15) is 0 Å². The molecule has 0 saturated heterocycles. The second kappa shape index (κ2) is 13.6. The molecule has 11 aromatic rings. The maximum absolute atomic E-state index is 6.93. The molecule has 0 fully saturated rings. The van der Waals surface area contributed by atoms with E-state index in [4.69, 9.17) is 4.42 Å². The Morgan fingerprint density at radius 3 is 1.46 bits per heavy atom. The third-order valence-corrected chi connectivity index (χ3v) is 11.2. The van der Waals surface area contributed by atoms with Crippen LogP contribution in [0, 0.1) is 0 Å². The van der Waals surface area contributed by atoms with Crippen LogP contribution in [0.4, 0.5) is 17.1 Å². The molecule has 0 saturated carbocycles. The zero-order valence-corrected chi connectivity index (χ0v) is 31.1. The predicted octanol–water partition coefficient (Wildman–Crippen LogP) is 15.2. The molecule has 0 aliphatic heterocycles. The number of nitrogens with zero attached hydrogens (tertiary/aromatic N) is 2. The maximum Gasteiger partial charge on any atom is 0.160 e. The third kappa shape index (κ3) is 5.60. The van der Waals surface area contributed by atoms with Crippen molar-refractivity contribution in [2.24, 2.45) is 0 Å². The van der Waals surface area contributed by atoms with Crippen LogP contribution in [-0.4, -0.2) is 4.57 Å². The fraction of sp³-hybridized carbons (Fsp3) is 0. The Morgan fingerprint density at radius 1 is 0.368 bits per heavy atom. The Labute approximate surface area is 330 Å². The summed E-state index contributed by atoms with van der Waals surface area (Å²) in [6, 6.07) is 77.9. The molecular weight excluding hydrogens is 693 g/mol. The van der Waals surface area contributed by atoms with Gasteiger partial charge in [-0.15, -0.1) is 0 Å². The SMILES string of the molecule is c1ccc(-c2ccc(N(c3ccc(-c4ccccc4)cc3)c3ccc(-c4cccc(-n5c6ccccc6c6ccccc65)c4)c4c3oc3ccccc34)cc2)cc1. The lowest BCUT2D eigenvalue weighted by atomic mass is 9.97. The fourth-order valence-corrected chi connectivity index (χ4v) is 8.54. The van der Waals surface area contributed by atoms with Crippen molar-refractivity contribution >= 4 is 60.8 Å². The number of hydrogen-bond donors (Lipinski definition) is 0. The summed E-state index contributed by atoms with van der Waals surface area (Å²) in [4.78, 5) is 2.33. The van der Waals surface area contributed by atoms with E-state index in [1.807, 2.05) is 0 Å². The van der Waals surface area contributed by atoms with Crippen LogP contribution in [0.5, 0.6) is 0 Å². The highest BCUT2D eigenvalue weighted by atomic mass is 16.3. The molecule has 11 rings (SSSR count). The van der Waals surface area contributed by atoms with E-state index in [9.17, 15) is 0 Å². The summed E-state index contributed by atoms with van der Waals surface area (Å²) >= 11 is 0. The lowest BCUT2D eigenvalue weighted by Gasteiger charge is -2.26. The molecule has 0 spiro atoms. The summed E-state index contributed by atoms with van der Waals surface area (Å²) in [6.45, 7) is 0. The Bertz CT molecular complexity index is 3080. The number of para-hydroxylation sites is 3. The molecule has 2 aromatic heterocycles. The van der Waals surface area contributed by atoms with Crippen LogP contribution in [-0.2, 0) is 0 Å². The summed E-state index contributed by atoms with van der Waals surface area (Å²) in [5, 5.41) is 4.68. The molecule has 268 valence electrons. The highest BCUT2D eigenvalue weighted by Crippen LogP contribution is 2.46. The monoisotopic (exact) mass is 728 g/mol. The molecule has 57 heavy (non-hydrogen) atoms. The van der Waals surface area contributed by atoms with Crippen molar-refractivity contribution in [3.63, 3.8) is 0 Å². The standard InChI is InChI=1S/C54H36N2O/c1-3-14-37(15-4-1)39-26-30-42(31-27-39)55(43-32-28-40(29-33-43)38-16-5-2-6-17-38)51-35-34-45(53-48-22-9-12-25-52(48)57-54(51)53)41-18-13-19-44(36-41)56-49-23-10-7-20-46(49)47-21-8-11-24-50(47)56/h1-36H. The number of aromatic nitrogens is 1. The summed E-state index contributed by atoms with van der Waals surface area (Å²) in [5.74, 6) is 0. The summed E-state index contributed by atoms with van der Waals surface area (Å²) in [7, 11) is 0. The predicted molar refractivity (Wildman–Crippen MR) is 239 cm³/mol. The van der Waals surface area contributed by atoms with Crippen molar-refractivity contribution in [2.45, 2.75) is 0 Å². The lowest BCUT2D eigenvalue weighted by Crippen LogP contribution is -2.10. The van der Waals surface area contributed by atoms with Gasteiger partial charge in [-0.3, -0.25) is 0 Å². The highest BCUT2D eigenvalue weighted by Gasteiger charge is 2.23. The Hall–Kier alpha value is -7.62. The Morgan fingerprint density at radius 2 is 0.860 bits per heavy atom. The van der Waals surface area contributed by atoms with Crippen molar-refractivity contribution in [1.29, 1.82) is 0 Å². The summed E-state index contributed by atoms with van der Waals surface area (Å²) in [5.41, 5.74) is 15.3. The van der Waals surface area contributed by atoms with Gasteiger partial charge >= 0.3 is 0 Å². The minimum atomic E-state index is 0.843. The Kier molecular flexibility index (Phi) is 7.82. The molecule has 0 unspecified atom stereocenters. The number of fused-ring (bicyclic) bond motifs is 6. The van der Waals surface area contributed by atoms with Gasteiger partial charge in [0.2, 0.25) is 0 Å². The topological polar surface area (TPSA) is 21.3 Å². The van der Waals surface area contributed by atoms with Crippen LogP contribution in [0.2, 0.25) is 0 Å². The molecule has 3 heteroatoms. The van der Waals surface area contributed by atoms with Crippen molar-refractivity contribution in [2.75, 3.05) is 4.90 Å². The van der Waals surface area contributed by atoms with Crippen molar-refractivity contribution < 1.29 is 4.42 Å². The number of furan rings is 1. The third-order valence-electron chi connectivity index (χ3n) is 11.2. The van der Waals surface area contributed by atoms with Gasteiger partial charge < -0.3 is 13.9 Å². The molecule has 0 N–H and O–H groups in total. The minimum Gasteiger partial charge on any atom is -0.454 e. The van der Waals surface area contributed by atoms with Crippen LogP contribution < -0.4 is 4.90 Å². The second-order valence-corrected chi connectivity index (χ2v) is 14.5. The molecule has 0 radical (unpaired) electrons. The highest BCUT2D eigenvalue weighted by molar-refractivity contribution is 6.17. The van der Waals surface area contributed by atoms with Crippen LogP contribution in [0.25, 0.3) is 82.8 Å².